The van der Waals surface area contributed by atoms with Crippen molar-refractivity contribution in [2.45, 2.75) is 25.4 Å². The predicted molar refractivity (Wildman–Crippen MR) is 67.6 cm³/mol. The van der Waals surface area contributed by atoms with Crippen molar-refractivity contribution in [3.05, 3.63) is 29.3 Å². The summed E-state index contributed by atoms with van der Waals surface area (Å²) in [5.41, 5.74) is -0.377. The lowest BCUT2D eigenvalue weighted by atomic mass is 10.1. The quantitative estimate of drug-likeness (QED) is 0.553. The summed E-state index contributed by atoms with van der Waals surface area (Å²) >= 11 is 5.54. The van der Waals surface area contributed by atoms with Crippen LogP contribution in [0.15, 0.2) is 18.2 Å². The molecule has 1 aromatic rings. The monoisotopic (exact) mass is 296 g/mol. The number of hydrogen-bond acceptors (Lipinski definition) is 2. The van der Waals surface area contributed by atoms with Crippen LogP contribution >= 0.6 is 11.6 Å². The first-order valence-corrected chi connectivity index (χ1v) is 6.49. The summed E-state index contributed by atoms with van der Waals surface area (Å²) in [4.78, 5) is 0. The van der Waals surface area contributed by atoms with Gasteiger partial charge in [-0.2, -0.15) is 13.2 Å². The van der Waals surface area contributed by atoms with E-state index in [-0.39, 0.29) is 18.2 Å². The molecule has 1 rings (SSSR count). The number of benzene rings is 1. The molecule has 0 aliphatic heterocycles. The van der Waals surface area contributed by atoms with E-state index < -0.39 is 11.7 Å². The molecule has 0 fully saturated rings. The highest BCUT2D eigenvalue weighted by Gasteiger charge is 2.34. The minimum absolute atomic E-state index is 0.0354. The van der Waals surface area contributed by atoms with E-state index in [2.05, 4.69) is 0 Å². The van der Waals surface area contributed by atoms with Gasteiger partial charge >= 0.3 is 6.18 Å². The molecule has 0 aromatic heterocycles. The van der Waals surface area contributed by atoms with Crippen molar-refractivity contribution >= 4 is 11.6 Å². The summed E-state index contributed by atoms with van der Waals surface area (Å²) in [5.74, 6) is -0.133. The molecule has 6 heteroatoms. The maximum absolute atomic E-state index is 12.8. The lowest BCUT2D eigenvalue weighted by Crippen LogP contribution is -2.11. The van der Waals surface area contributed by atoms with Crippen molar-refractivity contribution in [3.8, 4) is 5.75 Å². The number of ether oxygens (including phenoxy) is 2. The summed E-state index contributed by atoms with van der Waals surface area (Å²) in [6.45, 7) is 3.09. The van der Waals surface area contributed by atoms with E-state index >= 15 is 0 Å². The van der Waals surface area contributed by atoms with Gasteiger partial charge in [-0.3, -0.25) is 0 Å². The Hall–Kier alpha value is -0.940. The summed E-state index contributed by atoms with van der Waals surface area (Å²) < 4.78 is 48.8. The smallest absolute Gasteiger partial charge is 0.419 e. The fourth-order valence-corrected chi connectivity index (χ4v) is 1.66. The van der Waals surface area contributed by atoms with Crippen LogP contribution in [0.1, 0.15) is 24.5 Å². The average Bonchev–Trinajstić information content (AvgIpc) is 2.37. The molecule has 0 saturated heterocycles. The van der Waals surface area contributed by atoms with Crippen molar-refractivity contribution in [1.82, 2.24) is 0 Å². The molecule has 0 spiro atoms. The van der Waals surface area contributed by atoms with E-state index in [4.69, 9.17) is 21.1 Å². The Labute approximate surface area is 115 Å². The van der Waals surface area contributed by atoms with Gasteiger partial charge in [-0.05, 0) is 24.6 Å². The van der Waals surface area contributed by atoms with Crippen molar-refractivity contribution in [2.24, 2.45) is 0 Å². The van der Waals surface area contributed by atoms with Crippen LogP contribution in [0.5, 0.6) is 5.75 Å². The van der Waals surface area contributed by atoms with Gasteiger partial charge in [-0.1, -0.05) is 6.07 Å². The Morgan fingerprint density at radius 3 is 2.53 bits per heavy atom. The second-order valence-corrected chi connectivity index (χ2v) is 4.13. The van der Waals surface area contributed by atoms with Gasteiger partial charge in [0.15, 0.2) is 0 Å². The van der Waals surface area contributed by atoms with Crippen LogP contribution in [0, 0.1) is 0 Å². The zero-order valence-electron chi connectivity index (χ0n) is 10.6. The molecule has 0 radical (unpaired) electrons. The van der Waals surface area contributed by atoms with Crippen LogP contribution in [0.25, 0.3) is 0 Å². The van der Waals surface area contributed by atoms with Crippen LogP contribution < -0.4 is 4.74 Å². The number of hydrogen-bond donors (Lipinski definition) is 0. The number of alkyl halides is 4. The standard InChI is InChI=1S/C13H16ClF3O2/c1-2-18-6-3-7-19-12-5-4-10(9-14)8-11(12)13(15,16)17/h4-5,8H,2-3,6-7,9H2,1H3. The van der Waals surface area contributed by atoms with Crippen molar-refractivity contribution in [2.75, 3.05) is 19.8 Å². The minimum atomic E-state index is -4.45. The zero-order chi connectivity index (χ0) is 14.3. The molecular formula is C13H16ClF3O2. The van der Waals surface area contributed by atoms with Crippen LogP contribution in [0.3, 0.4) is 0 Å². The molecule has 0 atom stereocenters. The van der Waals surface area contributed by atoms with E-state index in [0.717, 1.165) is 6.07 Å². The summed E-state index contributed by atoms with van der Waals surface area (Å²) in [5, 5.41) is 0. The third-order valence-electron chi connectivity index (χ3n) is 2.40. The molecule has 0 aliphatic rings. The predicted octanol–water partition coefficient (Wildman–Crippen LogP) is 4.25. The molecule has 19 heavy (non-hydrogen) atoms. The highest BCUT2D eigenvalue weighted by Crippen LogP contribution is 2.37. The van der Waals surface area contributed by atoms with E-state index in [1.807, 2.05) is 6.92 Å². The maximum Gasteiger partial charge on any atom is 0.419 e. The third kappa shape index (κ3) is 5.28. The first-order valence-electron chi connectivity index (χ1n) is 5.95. The van der Waals surface area contributed by atoms with E-state index in [9.17, 15) is 13.2 Å². The highest BCUT2D eigenvalue weighted by molar-refractivity contribution is 6.17. The fourth-order valence-electron chi connectivity index (χ4n) is 1.50. The van der Waals surface area contributed by atoms with E-state index in [1.165, 1.54) is 12.1 Å². The Morgan fingerprint density at radius 1 is 1.21 bits per heavy atom. The van der Waals surface area contributed by atoms with Gasteiger partial charge in [-0.15, -0.1) is 11.6 Å². The molecule has 108 valence electrons. The SMILES string of the molecule is CCOCCCOc1ccc(CCl)cc1C(F)(F)F. The Balaban J connectivity index is 2.71. The van der Waals surface area contributed by atoms with Gasteiger partial charge in [0.2, 0.25) is 0 Å². The van der Waals surface area contributed by atoms with Crippen LogP contribution in [0.2, 0.25) is 0 Å². The molecule has 0 bridgehead atoms. The first kappa shape index (κ1) is 16.1. The summed E-state index contributed by atoms with van der Waals surface area (Å²) in [6, 6.07) is 3.85. The van der Waals surface area contributed by atoms with Gasteiger partial charge in [0.05, 0.1) is 12.2 Å². The zero-order valence-corrected chi connectivity index (χ0v) is 11.4. The topological polar surface area (TPSA) is 18.5 Å². The van der Waals surface area contributed by atoms with E-state index in [1.54, 1.807) is 0 Å². The molecule has 1 aromatic carbocycles. The lowest BCUT2D eigenvalue weighted by molar-refractivity contribution is -0.139. The van der Waals surface area contributed by atoms with Gasteiger partial charge in [0.1, 0.15) is 5.75 Å². The number of rotatable bonds is 7. The third-order valence-corrected chi connectivity index (χ3v) is 2.71. The van der Waals surface area contributed by atoms with Crippen LogP contribution in [-0.4, -0.2) is 19.8 Å². The molecule has 0 unspecified atom stereocenters. The Kier molecular flexibility index (Phi) is 6.45. The van der Waals surface area contributed by atoms with Gasteiger partial charge in [0.25, 0.3) is 0 Å². The van der Waals surface area contributed by atoms with Crippen LogP contribution in [-0.2, 0) is 16.8 Å². The average molecular weight is 297 g/mol. The lowest BCUT2D eigenvalue weighted by Gasteiger charge is -2.15. The molecule has 0 heterocycles. The van der Waals surface area contributed by atoms with Crippen molar-refractivity contribution in [1.29, 1.82) is 0 Å². The van der Waals surface area contributed by atoms with Gasteiger partial charge in [-0.25, -0.2) is 0 Å². The fraction of sp³-hybridized carbons (Fsp3) is 0.538. The van der Waals surface area contributed by atoms with Crippen molar-refractivity contribution in [3.63, 3.8) is 0 Å². The Morgan fingerprint density at radius 2 is 1.95 bits per heavy atom. The second kappa shape index (κ2) is 7.60. The number of halogens is 4. The minimum Gasteiger partial charge on any atom is -0.493 e. The molecule has 0 saturated carbocycles. The molecule has 0 N–H and O–H groups in total. The van der Waals surface area contributed by atoms with E-state index in [0.29, 0.717) is 25.2 Å². The molecule has 0 amide bonds. The van der Waals surface area contributed by atoms with Crippen molar-refractivity contribution < 1.29 is 22.6 Å². The normalized spacial score (nSPS) is 11.6. The summed E-state index contributed by atoms with van der Waals surface area (Å²) in [6.07, 6.45) is -3.90. The molecular weight excluding hydrogens is 281 g/mol. The molecule has 0 aliphatic carbocycles. The largest absolute Gasteiger partial charge is 0.493 e. The van der Waals surface area contributed by atoms with Gasteiger partial charge in [0, 0.05) is 25.5 Å². The Bertz CT molecular complexity index is 394. The first-order chi connectivity index (χ1) is 8.99. The second-order valence-electron chi connectivity index (χ2n) is 3.86. The highest BCUT2D eigenvalue weighted by atomic mass is 35.5. The maximum atomic E-state index is 12.8. The summed E-state index contributed by atoms with van der Waals surface area (Å²) in [7, 11) is 0. The van der Waals surface area contributed by atoms with Crippen LogP contribution in [0.4, 0.5) is 13.2 Å². The van der Waals surface area contributed by atoms with Gasteiger partial charge < -0.3 is 9.47 Å². The molecule has 2 nitrogen and oxygen atoms in total.